The number of fused-ring (bicyclic) bond motifs is 1. The van der Waals surface area contributed by atoms with E-state index < -0.39 is 10.0 Å². The van der Waals surface area contributed by atoms with Crippen molar-refractivity contribution in [2.45, 2.75) is 44.8 Å². The fraction of sp³-hybridized carbons (Fsp3) is 0.474. The van der Waals surface area contributed by atoms with Gasteiger partial charge >= 0.3 is 0 Å². The molecule has 0 atom stereocenters. The van der Waals surface area contributed by atoms with Crippen LogP contribution in [0.2, 0.25) is 0 Å². The van der Waals surface area contributed by atoms with Crippen molar-refractivity contribution >= 4 is 27.9 Å². The number of sulfonamides is 1. The van der Waals surface area contributed by atoms with E-state index in [9.17, 15) is 8.42 Å². The molecule has 0 saturated heterocycles. The first-order chi connectivity index (χ1) is 13.4. The molecule has 0 amide bonds. The number of benzene rings is 1. The number of aromatic nitrogens is 3. The molecule has 0 unspecified atom stereocenters. The molecule has 152 valence electrons. The van der Waals surface area contributed by atoms with Crippen molar-refractivity contribution in [2.75, 3.05) is 24.5 Å². The van der Waals surface area contributed by atoms with Gasteiger partial charge in [-0.15, -0.1) is 6.58 Å². The Morgan fingerprint density at radius 3 is 2.75 bits per heavy atom. The summed E-state index contributed by atoms with van der Waals surface area (Å²) in [5.41, 5.74) is 2.10. The van der Waals surface area contributed by atoms with Crippen LogP contribution in [0.25, 0.3) is 0 Å². The largest absolute Gasteiger partial charge is 0.352 e. The molecule has 0 fully saturated rings. The van der Waals surface area contributed by atoms with Crippen LogP contribution in [0.5, 0.6) is 0 Å². The second kappa shape index (κ2) is 8.59. The molecule has 0 aliphatic carbocycles. The van der Waals surface area contributed by atoms with Gasteiger partial charge in [0.05, 0.1) is 4.90 Å². The summed E-state index contributed by atoms with van der Waals surface area (Å²) in [7, 11) is -3.45. The molecule has 1 aliphatic heterocycles. The smallest absolute Gasteiger partial charge is 0.243 e. The standard InChI is InChI=1S/C19H27N5O2S2/c1-4-11-21-14-20-24(19(21)27)15-22-12-7-8-16-13-17(9-10-18(16)22)28(25,26)23(5-2)6-3/h4,9-10,13-14H,1,5-8,11-12,15H2,2-3H3. The minimum Gasteiger partial charge on any atom is -0.352 e. The van der Waals surface area contributed by atoms with Crippen molar-refractivity contribution in [3.05, 3.63) is 47.5 Å². The first kappa shape index (κ1) is 20.8. The lowest BCUT2D eigenvalue weighted by molar-refractivity contribution is 0.445. The van der Waals surface area contributed by atoms with Crippen LogP contribution < -0.4 is 4.90 Å². The van der Waals surface area contributed by atoms with Crippen LogP contribution in [-0.2, 0) is 29.7 Å². The van der Waals surface area contributed by atoms with Gasteiger partial charge in [0.25, 0.3) is 0 Å². The summed E-state index contributed by atoms with van der Waals surface area (Å²) in [5, 5.41) is 4.39. The predicted octanol–water partition coefficient (Wildman–Crippen LogP) is 3.04. The number of aryl methyl sites for hydroxylation is 1. The molecule has 0 bridgehead atoms. The van der Waals surface area contributed by atoms with Gasteiger partial charge in [0.2, 0.25) is 10.0 Å². The zero-order chi connectivity index (χ0) is 20.3. The first-order valence-corrected chi connectivity index (χ1v) is 11.4. The molecule has 1 aromatic heterocycles. The van der Waals surface area contributed by atoms with Gasteiger partial charge in [0.15, 0.2) is 4.77 Å². The van der Waals surface area contributed by atoms with Gasteiger partial charge < -0.3 is 9.47 Å². The summed E-state index contributed by atoms with van der Waals surface area (Å²) in [4.78, 5) is 2.57. The molecule has 2 heterocycles. The Kier molecular flexibility index (Phi) is 6.36. The topological polar surface area (TPSA) is 63.4 Å². The summed E-state index contributed by atoms with van der Waals surface area (Å²) >= 11 is 5.49. The number of nitrogens with zero attached hydrogens (tertiary/aromatic N) is 5. The van der Waals surface area contributed by atoms with Crippen LogP contribution >= 0.6 is 12.2 Å². The van der Waals surface area contributed by atoms with Crippen molar-refractivity contribution in [3.8, 4) is 0 Å². The van der Waals surface area contributed by atoms with E-state index in [1.165, 1.54) is 4.31 Å². The highest BCUT2D eigenvalue weighted by molar-refractivity contribution is 7.89. The second-order valence-corrected chi connectivity index (χ2v) is 9.05. The lowest BCUT2D eigenvalue weighted by Crippen LogP contribution is -2.33. The Morgan fingerprint density at radius 1 is 1.32 bits per heavy atom. The van der Waals surface area contributed by atoms with Gasteiger partial charge in [-0.25, -0.2) is 13.1 Å². The Labute approximate surface area is 171 Å². The molecule has 28 heavy (non-hydrogen) atoms. The first-order valence-electron chi connectivity index (χ1n) is 9.53. The van der Waals surface area contributed by atoms with Crippen molar-refractivity contribution in [3.63, 3.8) is 0 Å². The normalized spacial score (nSPS) is 14.3. The van der Waals surface area contributed by atoms with Gasteiger partial charge in [-0.05, 0) is 48.8 Å². The van der Waals surface area contributed by atoms with Gasteiger partial charge in [-0.3, -0.25) is 0 Å². The summed E-state index contributed by atoms with van der Waals surface area (Å²) in [5.74, 6) is 0. The Morgan fingerprint density at radius 2 is 2.07 bits per heavy atom. The maximum atomic E-state index is 12.8. The van der Waals surface area contributed by atoms with E-state index in [0.717, 1.165) is 30.6 Å². The van der Waals surface area contributed by atoms with Crippen molar-refractivity contribution in [1.29, 1.82) is 0 Å². The summed E-state index contributed by atoms with van der Waals surface area (Å²) < 4.78 is 31.5. The van der Waals surface area contributed by atoms with E-state index in [0.29, 0.717) is 36.0 Å². The minimum absolute atomic E-state index is 0.365. The van der Waals surface area contributed by atoms with Crippen LogP contribution in [0, 0.1) is 4.77 Å². The van der Waals surface area contributed by atoms with E-state index in [1.807, 2.05) is 30.5 Å². The average Bonchev–Trinajstić information content (AvgIpc) is 3.02. The highest BCUT2D eigenvalue weighted by Gasteiger charge is 2.25. The third kappa shape index (κ3) is 3.92. The van der Waals surface area contributed by atoms with E-state index in [1.54, 1.807) is 23.2 Å². The van der Waals surface area contributed by atoms with Crippen molar-refractivity contribution in [2.24, 2.45) is 0 Å². The van der Waals surface area contributed by atoms with E-state index >= 15 is 0 Å². The molecule has 0 N–H and O–H groups in total. The zero-order valence-corrected chi connectivity index (χ0v) is 18.0. The van der Waals surface area contributed by atoms with Gasteiger partial charge in [-0.2, -0.15) is 9.40 Å². The third-order valence-corrected chi connectivity index (χ3v) is 7.53. The molecular formula is C19H27N5O2S2. The van der Waals surface area contributed by atoms with E-state index in [2.05, 4.69) is 16.6 Å². The molecule has 7 nitrogen and oxygen atoms in total. The molecular weight excluding hydrogens is 394 g/mol. The zero-order valence-electron chi connectivity index (χ0n) is 16.4. The lowest BCUT2D eigenvalue weighted by Gasteiger charge is -2.31. The quantitative estimate of drug-likeness (QED) is 0.484. The molecule has 2 aromatic rings. The Balaban J connectivity index is 1.89. The van der Waals surface area contributed by atoms with Crippen LogP contribution in [-0.4, -0.2) is 46.7 Å². The SMILES string of the molecule is C=CCn1cnn(CN2CCCc3cc(S(=O)(=O)N(CC)CC)ccc32)c1=S. The van der Waals surface area contributed by atoms with Gasteiger partial charge in [0.1, 0.15) is 13.0 Å². The molecule has 3 rings (SSSR count). The predicted molar refractivity (Wildman–Crippen MR) is 113 cm³/mol. The number of allylic oxidation sites excluding steroid dienone is 1. The summed E-state index contributed by atoms with van der Waals surface area (Å²) in [6.07, 6.45) is 5.33. The van der Waals surface area contributed by atoms with Gasteiger partial charge in [-0.1, -0.05) is 19.9 Å². The number of hydrogen-bond donors (Lipinski definition) is 0. The average molecular weight is 422 g/mol. The Bertz CT molecular complexity index is 1010. The van der Waals surface area contributed by atoms with E-state index in [-0.39, 0.29) is 0 Å². The number of rotatable bonds is 8. The highest BCUT2D eigenvalue weighted by Crippen LogP contribution is 2.30. The minimum atomic E-state index is -3.45. The molecule has 1 aliphatic rings. The number of hydrogen-bond acceptors (Lipinski definition) is 5. The second-order valence-electron chi connectivity index (χ2n) is 6.74. The summed E-state index contributed by atoms with van der Waals surface area (Å²) in [6, 6.07) is 5.44. The maximum Gasteiger partial charge on any atom is 0.243 e. The van der Waals surface area contributed by atoms with E-state index in [4.69, 9.17) is 12.2 Å². The van der Waals surface area contributed by atoms with Crippen LogP contribution in [0.4, 0.5) is 5.69 Å². The van der Waals surface area contributed by atoms with Crippen LogP contribution in [0.1, 0.15) is 25.8 Å². The van der Waals surface area contributed by atoms with Gasteiger partial charge in [0, 0.05) is 31.9 Å². The molecule has 0 radical (unpaired) electrons. The maximum absolute atomic E-state index is 12.8. The molecule has 0 saturated carbocycles. The fourth-order valence-corrected chi connectivity index (χ4v) is 5.30. The molecule has 1 aromatic carbocycles. The Hall–Kier alpha value is -1.97. The third-order valence-electron chi connectivity index (χ3n) is 5.04. The molecule has 0 spiro atoms. The number of anilines is 1. The van der Waals surface area contributed by atoms with Crippen molar-refractivity contribution in [1.82, 2.24) is 18.7 Å². The lowest BCUT2D eigenvalue weighted by atomic mass is 10.0. The fourth-order valence-electron chi connectivity index (χ4n) is 3.57. The summed E-state index contributed by atoms with van der Waals surface area (Å²) in [6.45, 7) is 10.4. The molecule has 9 heteroatoms. The highest BCUT2D eigenvalue weighted by atomic mass is 32.2. The van der Waals surface area contributed by atoms with Crippen LogP contribution in [0.15, 0.2) is 42.1 Å². The van der Waals surface area contributed by atoms with Crippen LogP contribution in [0.3, 0.4) is 0 Å². The monoisotopic (exact) mass is 421 g/mol. The van der Waals surface area contributed by atoms with Crippen molar-refractivity contribution < 1.29 is 8.42 Å².